The summed E-state index contributed by atoms with van der Waals surface area (Å²) in [4.78, 5) is 25.1. The molecule has 4 amide bonds. The SMILES string of the molecule is C=Cc1ccccc1C(C)(C)NC(=O)NCC(C)CCCNC(=O)NC(C)(C)c1ccccc1C(=C)C. The zero-order chi connectivity index (χ0) is 27.6. The number of amides is 4. The molecule has 6 heteroatoms. The Balaban J connectivity index is 1.74. The molecule has 0 fully saturated rings. The fourth-order valence-corrected chi connectivity index (χ4v) is 4.46. The molecule has 0 heterocycles. The number of hydrogen-bond donors (Lipinski definition) is 4. The van der Waals surface area contributed by atoms with Gasteiger partial charge in [-0.05, 0) is 75.6 Å². The summed E-state index contributed by atoms with van der Waals surface area (Å²) in [5, 5.41) is 12.1. The van der Waals surface area contributed by atoms with Gasteiger partial charge in [-0.3, -0.25) is 0 Å². The van der Waals surface area contributed by atoms with Crippen molar-refractivity contribution < 1.29 is 9.59 Å². The van der Waals surface area contributed by atoms with Crippen LogP contribution in [0.25, 0.3) is 11.6 Å². The maximum atomic E-state index is 12.6. The van der Waals surface area contributed by atoms with Crippen molar-refractivity contribution in [1.29, 1.82) is 0 Å². The summed E-state index contributed by atoms with van der Waals surface area (Å²) < 4.78 is 0. The molecule has 0 aliphatic heterocycles. The minimum Gasteiger partial charge on any atom is -0.338 e. The van der Waals surface area contributed by atoms with Crippen molar-refractivity contribution >= 4 is 23.7 Å². The lowest BCUT2D eigenvalue weighted by Crippen LogP contribution is -2.47. The van der Waals surface area contributed by atoms with E-state index in [9.17, 15) is 9.59 Å². The molecule has 200 valence electrons. The van der Waals surface area contributed by atoms with E-state index in [-0.39, 0.29) is 18.0 Å². The van der Waals surface area contributed by atoms with Crippen LogP contribution in [-0.4, -0.2) is 25.2 Å². The number of carbonyl (C=O) groups excluding carboxylic acids is 2. The van der Waals surface area contributed by atoms with Crippen LogP contribution in [0.1, 0.15) is 76.6 Å². The van der Waals surface area contributed by atoms with E-state index in [1.165, 1.54) is 0 Å². The van der Waals surface area contributed by atoms with Crippen LogP contribution in [0, 0.1) is 5.92 Å². The molecule has 1 atom stereocenters. The third-order valence-corrected chi connectivity index (χ3v) is 6.54. The minimum absolute atomic E-state index is 0.200. The van der Waals surface area contributed by atoms with Gasteiger partial charge in [0.15, 0.2) is 0 Å². The highest BCUT2D eigenvalue weighted by atomic mass is 16.2. The van der Waals surface area contributed by atoms with Gasteiger partial charge in [0.2, 0.25) is 0 Å². The summed E-state index contributed by atoms with van der Waals surface area (Å²) in [5.74, 6) is 0.276. The van der Waals surface area contributed by atoms with Crippen molar-refractivity contribution in [1.82, 2.24) is 21.3 Å². The standard InChI is InChI=1S/C31H44N4O2/c1-9-24-16-10-12-18-26(24)30(5,6)35-29(37)33-21-23(4)15-14-20-32-28(36)34-31(7,8)27-19-13-11-17-25(27)22(2)3/h9-13,16-19,23H,1-2,14-15,20-21H2,3-8H3,(H2,32,34,36)(H2,33,35,37). The summed E-state index contributed by atoms with van der Waals surface area (Å²) >= 11 is 0. The molecular formula is C31H44N4O2. The van der Waals surface area contributed by atoms with Crippen LogP contribution >= 0.6 is 0 Å². The van der Waals surface area contributed by atoms with Crippen molar-refractivity contribution in [2.45, 2.75) is 65.5 Å². The zero-order valence-electron chi connectivity index (χ0n) is 23.3. The highest BCUT2D eigenvalue weighted by molar-refractivity contribution is 5.76. The van der Waals surface area contributed by atoms with Gasteiger partial charge in [0.25, 0.3) is 0 Å². The molecule has 0 bridgehead atoms. The van der Waals surface area contributed by atoms with Crippen molar-refractivity contribution in [3.05, 3.63) is 83.9 Å². The first-order chi connectivity index (χ1) is 17.4. The van der Waals surface area contributed by atoms with Gasteiger partial charge in [0, 0.05) is 13.1 Å². The number of urea groups is 2. The lowest BCUT2D eigenvalue weighted by Gasteiger charge is -2.29. The fraction of sp³-hybridized carbons (Fsp3) is 0.419. The molecule has 0 aromatic heterocycles. The van der Waals surface area contributed by atoms with E-state index >= 15 is 0 Å². The smallest absolute Gasteiger partial charge is 0.315 e. The molecule has 4 N–H and O–H groups in total. The van der Waals surface area contributed by atoms with E-state index in [1.54, 1.807) is 6.08 Å². The van der Waals surface area contributed by atoms with Crippen molar-refractivity contribution in [2.24, 2.45) is 5.92 Å². The number of rotatable bonds is 12. The Hall–Kier alpha value is -3.54. The molecule has 2 aromatic carbocycles. The third-order valence-electron chi connectivity index (χ3n) is 6.54. The first-order valence-corrected chi connectivity index (χ1v) is 13.0. The molecule has 0 radical (unpaired) electrons. The highest BCUT2D eigenvalue weighted by Crippen LogP contribution is 2.28. The minimum atomic E-state index is -0.538. The maximum absolute atomic E-state index is 12.6. The van der Waals surface area contributed by atoms with Crippen LogP contribution in [0.4, 0.5) is 9.59 Å². The predicted octanol–water partition coefficient (Wildman–Crippen LogP) is 6.55. The van der Waals surface area contributed by atoms with Crippen LogP contribution in [0.15, 0.2) is 61.7 Å². The number of allylic oxidation sites excluding steroid dienone is 1. The van der Waals surface area contributed by atoms with Crippen LogP contribution in [0.3, 0.4) is 0 Å². The zero-order valence-corrected chi connectivity index (χ0v) is 23.3. The fourth-order valence-electron chi connectivity index (χ4n) is 4.46. The largest absolute Gasteiger partial charge is 0.338 e. The van der Waals surface area contributed by atoms with Crippen LogP contribution in [-0.2, 0) is 11.1 Å². The third kappa shape index (κ3) is 8.81. The summed E-state index contributed by atoms with van der Waals surface area (Å²) in [6.07, 6.45) is 3.50. The van der Waals surface area contributed by atoms with E-state index in [2.05, 4.69) is 41.3 Å². The van der Waals surface area contributed by atoms with Gasteiger partial charge in [-0.15, -0.1) is 0 Å². The van der Waals surface area contributed by atoms with Gasteiger partial charge in [-0.2, -0.15) is 0 Å². The molecule has 0 spiro atoms. The number of carbonyl (C=O) groups is 2. The number of nitrogens with one attached hydrogen (secondary N) is 4. The average molecular weight is 505 g/mol. The van der Waals surface area contributed by atoms with Gasteiger partial charge in [-0.1, -0.05) is 80.3 Å². The van der Waals surface area contributed by atoms with Crippen LogP contribution < -0.4 is 21.3 Å². The second-order valence-electron chi connectivity index (χ2n) is 10.8. The first-order valence-electron chi connectivity index (χ1n) is 13.0. The van der Waals surface area contributed by atoms with E-state index in [0.717, 1.165) is 40.7 Å². The second-order valence-corrected chi connectivity index (χ2v) is 10.8. The van der Waals surface area contributed by atoms with E-state index in [0.29, 0.717) is 13.1 Å². The summed E-state index contributed by atoms with van der Waals surface area (Å²) in [7, 11) is 0. The summed E-state index contributed by atoms with van der Waals surface area (Å²) in [6, 6.07) is 15.5. The molecule has 0 aliphatic carbocycles. The normalized spacial score (nSPS) is 12.3. The maximum Gasteiger partial charge on any atom is 0.315 e. The average Bonchev–Trinajstić information content (AvgIpc) is 2.84. The van der Waals surface area contributed by atoms with Crippen molar-refractivity contribution in [3.8, 4) is 0 Å². The Kier molecular flexibility index (Phi) is 10.5. The lowest BCUT2D eigenvalue weighted by molar-refractivity contribution is 0.228. The Labute approximate surface area is 223 Å². The molecule has 37 heavy (non-hydrogen) atoms. The molecular weight excluding hydrogens is 460 g/mol. The van der Waals surface area contributed by atoms with Crippen molar-refractivity contribution in [3.63, 3.8) is 0 Å². The van der Waals surface area contributed by atoms with Crippen LogP contribution in [0.2, 0.25) is 0 Å². The van der Waals surface area contributed by atoms with Crippen molar-refractivity contribution in [2.75, 3.05) is 13.1 Å². The molecule has 1 unspecified atom stereocenters. The molecule has 0 saturated heterocycles. The van der Waals surface area contributed by atoms with E-state index < -0.39 is 11.1 Å². The predicted molar refractivity (Wildman–Crippen MR) is 155 cm³/mol. The Morgan fingerprint density at radius 3 is 2.05 bits per heavy atom. The van der Waals surface area contributed by atoms with Gasteiger partial charge >= 0.3 is 12.1 Å². The van der Waals surface area contributed by atoms with E-state index in [1.807, 2.05) is 83.1 Å². The van der Waals surface area contributed by atoms with Gasteiger partial charge < -0.3 is 21.3 Å². The highest BCUT2D eigenvalue weighted by Gasteiger charge is 2.26. The molecule has 2 aromatic rings. The topological polar surface area (TPSA) is 82.3 Å². The Morgan fingerprint density at radius 2 is 1.43 bits per heavy atom. The second kappa shape index (κ2) is 13.1. The van der Waals surface area contributed by atoms with Gasteiger partial charge in [0.1, 0.15) is 0 Å². The van der Waals surface area contributed by atoms with Gasteiger partial charge in [0.05, 0.1) is 11.1 Å². The number of hydrogen-bond acceptors (Lipinski definition) is 2. The lowest BCUT2D eigenvalue weighted by atomic mass is 9.87. The Morgan fingerprint density at radius 1 is 0.892 bits per heavy atom. The monoisotopic (exact) mass is 504 g/mol. The van der Waals surface area contributed by atoms with Crippen LogP contribution in [0.5, 0.6) is 0 Å². The number of benzene rings is 2. The quantitative estimate of drug-likeness (QED) is 0.247. The summed E-state index contributed by atoms with van der Waals surface area (Å²) in [5.41, 5.74) is 3.99. The molecule has 0 saturated carbocycles. The molecule has 2 rings (SSSR count). The Bertz CT molecular complexity index is 1100. The van der Waals surface area contributed by atoms with Gasteiger partial charge in [-0.25, -0.2) is 9.59 Å². The molecule has 0 aliphatic rings. The first kappa shape index (κ1) is 29.7. The van der Waals surface area contributed by atoms with E-state index in [4.69, 9.17) is 0 Å². The molecule has 6 nitrogen and oxygen atoms in total. The summed E-state index contributed by atoms with van der Waals surface area (Å²) in [6.45, 7) is 21.0.